The van der Waals surface area contributed by atoms with Gasteiger partial charge in [0.1, 0.15) is 38.8 Å². The van der Waals surface area contributed by atoms with Crippen LogP contribution in [0, 0.1) is 22.7 Å². The predicted molar refractivity (Wildman–Crippen MR) is 451 cm³/mol. The number of aliphatic hydroxyl groups excluding tert-OH is 1. The van der Waals surface area contributed by atoms with E-state index in [0.29, 0.717) is 50.2 Å². The van der Waals surface area contributed by atoms with Gasteiger partial charge in [-0.3, -0.25) is 28.8 Å². The van der Waals surface area contributed by atoms with Gasteiger partial charge < -0.3 is 54.5 Å². The quantitative estimate of drug-likeness (QED) is 0.0500. The summed E-state index contributed by atoms with van der Waals surface area (Å²) in [6.07, 6.45) is 12.5. The second-order valence-corrected chi connectivity index (χ2v) is 40.1. The van der Waals surface area contributed by atoms with Gasteiger partial charge in [0, 0.05) is 101 Å². The normalized spacial score (nSPS) is 26.0. The molecule has 12 rings (SSSR count). The van der Waals surface area contributed by atoms with Gasteiger partial charge in [-0.1, -0.05) is 76.0 Å². The summed E-state index contributed by atoms with van der Waals surface area (Å²) in [6.45, 7) is 22.9. The first-order chi connectivity index (χ1) is 55.0. The lowest BCUT2D eigenvalue weighted by molar-refractivity contribution is -0.141. The zero-order chi connectivity index (χ0) is 85.6. The van der Waals surface area contributed by atoms with E-state index in [1.54, 1.807) is 64.2 Å². The van der Waals surface area contributed by atoms with Crippen molar-refractivity contribution in [3.8, 4) is 21.1 Å². The number of ether oxygens (including phenoxy) is 3. The van der Waals surface area contributed by atoms with Gasteiger partial charge in [0.25, 0.3) is 0 Å². The number of carbonyl (C=O) groups excluding carboxylic acids is 8. The van der Waals surface area contributed by atoms with E-state index in [9.17, 15) is 60.3 Å². The van der Waals surface area contributed by atoms with Crippen LogP contribution >= 0.6 is 34.3 Å². The molecule has 0 spiro atoms. The monoisotopic (exact) mass is 1720 g/mol. The maximum absolute atomic E-state index is 14.7. The van der Waals surface area contributed by atoms with Crippen molar-refractivity contribution in [2.45, 2.75) is 265 Å². The molecule has 4 fully saturated rings. The lowest BCUT2D eigenvalue weighted by Crippen LogP contribution is -2.53. The highest BCUT2D eigenvalue weighted by Crippen LogP contribution is 2.59. The summed E-state index contributed by atoms with van der Waals surface area (Å²) in [6, 6.07) is 8.59. The van der Waals surface area contributed by atoms with Crippen molar-refractivity contribution < 1.29 is 74.5 Å². The van der Waals surface area contributed by atoms with Crippen molar-refractivity contribution in [2.75, 3.05) is 51.5 Å². The number of aromatic nitrogens is 4. The van der Waals surface area contributed by atoms with Crippen molar-refractivity contribution in [2.24, 2.45) is 22.7 Å². The number of benzene rings is 2. The lowest BCUT2D eigenvalue weighted by atomic mass is 9.91. The molecular formula is C82H117ClN14O16S4. The minimum atomic E-state index is -4.13. The molecule has 35 heteroatoms. The van der Waals surface area contributed by atoms with E-state index >= 15 is 0 Å². The number of nitrogens with zero attached hydrogens (tertiary/aromatic N) is 9. The van der Waals surface area contributed by atoms with Crippen LogP contribution in [0.2, 0.25) is 5.28 Å². The molecule has 5 aromatic rings. The third kappa shape index (κ3) is 22.2. The number of rotatable bonds is 16. The first-order valence-electron chi connectivity index (χ1n) is 40.6. The number of carbonyl (C=O) groups is 8. The molecule has 117 heavy (non-hydrogen) atoms. The third-order valence-electron chi connectivity index (χ3n) is 22.1. The zero-order valence-corrected chi connectivity index (χ0v) is 74.0. The van der Waals surface area contributed by atoms with E-state index in [0.717, 1.165) is 108 Å². The maximum atomic E-state index is 14.7. The molecule has 2 aromatic carbocycles. The number of hydrogen-bond donors (Lipinski definition) is 6. The van der Waals surface area contributed by atoms with Gasteiger partial charge in [-0.2, -0.15) is 25.4 Å². The van der Waals surface area contributed by atoms with E-state index in [2.05, 4.69) is 109 Å². The Kier molecular flexibility index (Phi) is 29.5. The van der Waals surface area contributed by atoms with Gasteiger partial charge in [0.2, 0.25) is 35.3 Å². The molecule has 0 bridgehead atoms. The van der Waals surface area contributed by atoms with Crippen LogP contribution in [-0.4, -0.2) is 209 Å². The van der Waals surface area contributed by atoms with Crippen LogP contribution in [0.4, 0.5) is 21.0 Å². The summed E-state index contributed by atoms with van der Waals surface area (Å²) in [7, 11) is -2.96. The van der Waals surface area contributed by atoms with Crippen LogP contribution in [0.5, 0.6) is 0 Å². The number of hydrogen-bond acceptors (Lipinski definition) is 23. The van der Waals surface area contributed by atoms with Gasteiger partial charge in [-0.15, -0.1) is 22.7 Å². The van der Waals surface area contributed by atoms with Crippen molar-refractivity contribution in [1.82, 2.24) is 58.0 Å². The van der Waals surface area contributed by atoms with Crippen molar-refractivity contribution in [3.63, 3.8) is 0 Å². The average Bonchev–Trinajstić information content (AvgIpc) is 1.58. The number of aryl methyl sites for hydroxylation is 2. The molecular weight excluding hydrogens is 1600 g/mol. The SMILES string of the molecule is CCc1csc(-c2cccc3c2NC(O[C@@H]2C[C@H]4C(=O)C[C@]5(C(=O)NS(=O)(=O)N(C)C)C[C@H]5/C=C\CCCCC[C@H](NC(=O)OC(C)(C)C)C(=O)N4C2)N3C(C)C)n1.CCc1csc(-c2cccc3c2nc(Cl)n3C(C)C)n1.CN(C)S(=O)(=O)NC(=O)[C@]12CC(=O)[C@@H]3C[C@@H](O)CN3C(=O)[C@@H](NC(=O)OC(C)(C)C)CCCCC/C=C\[C@@H]1C2. The number of fused-ring (bicyclic) bond motifs is 6. The van der Waals surface area contributed by atoms with E-state index in [4.69, 9.17) is 30.8 Å². The Bertz CT molecular complexity index is 4760. The number of nitrogens with one attached hydrogen (secondary N) is 5. The Labute approximate surface area is 700 Å². The summed E-state index contributed by atoms with van der Waals surface area (Å²) in [5.41, 5.74) is 3.85. The summed E-state index contributed by atoms with van der Waals surface area (Å²) in [4.78, 5) is 128. The second kappa shape index (κ2) is 37.8. The van der Waals surface area contributed by atoms with Crippen LogP contribution in [-0.2, 0) is 76.2 Å². The molecule has 5 aliphatic heterocycles. The Morgan fingerprint density at radius 3 is 1.58 bits per heavy atom. The molecule has 11 atom stereocenters. The largest absolute Gasteiger partial charge is 0.444 e. The molecule has 1 unspecified atom stereocenters. The van der Waals surface area contributed by atoms with Crippen molar-refractivity contribution in [3.05, 3.63) is 88.1 Å². The van der Waals surface area contributed by atoms with E-state index in [1.165, 1.54) is 38.0 Å². The number of alkyl carbamates (subject to hydrolysis) is 2. The molecule has 3 aromatic heterocycles. The third-order valence-corrected chi connectivity index (χ3v) is 27.0. The minimum absolute atomic E-state index is 0.00205. The molecule has 6 N–H and O–H groups in total. The standard InChI is InChI=1S/C41H59N7O8S2.C26H42N4O8S.C15H16ClN3S/c1-9-27-24-57-35(42-27)29-17-15-19-31-34(29)44-38(48(31)25(2)3)55-28-20-32-33(49)22-41(37(51)45-58(53,54)46(7)8)21-26(41)16-13-11-10-12-14-18-30(36(50)47(32)23-28)43-39(52)56-40(4,5)6;1-25(2,3)38-24(35)27-19-12-10-8-6-7-9-11-17-14-26(17,23(34)28-39(36,37)29(4)5)15-21(32)20-13-18(31)16-30(20)22(19)33;1-4-10-8-20-14(17-10)11-6-5-7-12-13(11)18-15(16)19(12)9(2)3/h13,15-17,19,24-26,28,30,32,38,44H,9-12,14,18,20-23H2,1-8H3,(H,43,52)(H,45,51);9,11,17-20,31H,6-8,10,12-16H2,1-5H3,(H,27,35)(H,28,34);5-9H,4H2,1-3H3/b16-13-;11-9-;/t26-,28-,30+,32+,38?,41-;17-,18-,19+,20+,26-;/m11./s1. The highest BCUT2D eigenvalue weighted by Gasteiger charge is 2.63. The molecule has 30 nitrogen and oxygen atoms in total. The molecule has 2 aliphatic carbocycles. The number of anilines is 2. The fourth-order valence-corrected chi connectivity index (χ4v) is 19.1. The van der Waals surface area contributed by atoms with Crippen LogP contribution in [0.15, 0.2) is 71.5 Å². The molecule has 642 valence electrons. The number of amides is 6. The van der Waals surface area contributed by atoms with E-state index in [1.807, 2.05) is 48.6 Å². The van der Waals surface area contributed by atoms with E-state index < -0.39 is 127 Å². The molecule has 8 heterocycles. The van der Waals surface area contributed by atoms with E-state index in [-0.39, 0.29) is 68.5 Å². The highest BCUT2D eigenvalue weighted by molar-refractivity contribution is 7.88. The number of halogens is 1. The van der Waals surface area contributed by atoms with Gasteiger partial charge >= 0.3 is 32.6 Å². The Morgan fingerprint density at radius 1 is 0.650 bits per heavy atom. The number of para-hydroxylation sites is 2. The topological polar surface area (TPSA) is 373 Å². The van der Waals surface area contributed by atoms with Gasteiger partial charge in [-0.05, 0) is 181 Å². The first kappa shape index (κ1) is 91.3. The predicted octanol–water partition coefficient (Wildman–Crippen LogP) is 11.8. The van der Waals surface area contributed by atoms with Crippen LogP contribution in [0.1, 0.15) is 203 Å². The number of allylic oxidation sites excluding steroid dienone is 4. The van der Waals surface area contributed by atoms with Crippen LogP contribution in [0.25, 0.3) is 32.2 Å². The molecule has 7 aliphatic rings. The maximum Gasteiger partial charge on any atom is 0.408 e. The second-order valence-electron chi connectivity index (χ2n) is 34.3. The minimum Gasteiger partial charge on any atom is -0.444 e. The fraction of sp³-hybridized carbons (Fsp3) is 0.622. The van der Waals surface area contributed by atoms with Crippen molar-refractivity contribution >= 4 is 124 Å². The Morgan fingerprint density at radius 2 is 1.12 bits per heavy atom. The summed E-state index contributed by atoms with van der Waals surface area (Å²) in [5, 5.41) is 26.0. The number of Topliss-reactive ketones (excluding diaryl/α,β-unsaturated/α-hetero) is 2. The number of aliphatic hydroxyl groups is 1. The number of imidazole rings is 1. The number of thiazole rings is 2. The fourth-order valence-electron chi connectivity index (χ4n) is 15.6. The molecule has 2 saturated carbocycles. The smallest absolute Gasteiger partial charge is 0.408 e. The van der Waals surface area contributed by atoms with Crippen LogP contribution in [0.3, 0.4) is 0 Å². The van der Waals surface area contributed by atoms with Crippen molar-refractivity contribution in [1.29, 1.82) is 0 Å². The highest BCUT2D eigenvalue weighted by atomic mass is 35.5. The zero-order valence-electron chi connectivity index (χ0n) is 70.0. The molecule has 6 amide bonds. The number of ketones is 2. The van der Waals surface area contributed by atoms with Gasteiger partial charge in [0.05, 0.1) is 63.4 Å². The average molecular weight is 1720 g/mol. The summed E-state index contributed by atoms with van der Waals surface area (Å²) >= 11 is 9.53. The summed E-state index contributed by atoms with van der Waals surface area (Å²) in [5.74, 6) is -3.91. The van der Waals surface area contributed by atoms with Gasteiger partial charge in [0.15, 0.2) is 11.6 Å². The summed E-state index contributed by atoms with van der Waals surface area (Å²) < 4.78 is 76.2. The first-order valence-corrected chi connectivity index (χ1v) is 45.6. The Hall–Kier alpha value is -7.96. The molecule has 2 saturated heterocycles. The Balaban J connectivity index is 0.000000209. The molecule has 0 radical (unpaired) electrons. The lowest BCUT2D eigenvalue weighted by Gasteiger charge is -2.32. The van der Waals surface area contributed by atoms with Gasteiger partial charge in [-0.25, -0.2) is 34.0 Å². The van der Waals surface area contributed by atoms with Crippen LogP contribution < -0.4 is 30.3 Å².